The summed E-state index contributed by atoms with van der Waals surface area (Å²) < 4.78 is 0.356. The van der Waals surface area contributed by atoms with E-state index in [0.29, 0.717) is 14.9 Å². The van der Waals surface area contributed by atoms with Gasteiger partial charge in [0.05, 0.1) is 10.6 Å². The molecule has 0 bridgehead atoms. The van der Waals surface area contributed by atoms with Gasteiger partial charge in [0.1, 0.15) is 4.32 Å². The Morgan fingerprint density at radius 2 is 2.18 bits per heavy atom. The van der Waals surface area contributed by atoms with Gasteiger partial charge in [0, 0.05) is 12.6 Å². The molecule has 2 aliphatic rings. The lowest BCUT2D eigenvalue weighted by atomic mass is 10.0. The summed E-state index contributed by atoms with van der Waals surface area (Å²) in [6, 6.07) is 8.54. The van der Waals surface area contributed by atoms with E-state index in [4.69, 9.17) is 12.2 Å². The van der Waals surface area contributed by atoms with E-state index >= 15 is 0 Å². The zero-order chi connectivity index (χ0) is 15.7. The second kappa shape index (κ2) is 5.90. The van der Waals surface area contributed by atoms with Crippen molar-refractivity contribution in [1.82, 2.24) is 10.3 Å². The quantitative estimate of drug-likeness (QED) is 0.645. The molecular formula is C14H11N3O3S2. The Labute approximate surface area is 135 Å². The normalized spacial score (nSPS) is 22.9. The van der Waals surface area contributed by atoms with E-state index in [9.17, 15) is 14.7 Å². The number of carbonyl (C=O) groups excluding carboxylic acids is 1. The average Bonchev–Trinajstić information content (AvgIpc) is 3.04. The highest BCUT2D eigenvalue weighted by molar-refractivity contribution is 8.26. The van der Waals surface area contributed by atoms with Crippen molar-refractivity contribution in [3.8, 4) is 0 Å². The minimum absolute atomic E-state index is 0.278. The number of carboxylic acids is 1. The number of carboxylic acid groups (broad SMARTS) is 1. The van der Waals surface area contributed by atoms with Crippen LogP contribution in [0.5, 0.6) is 0 Å². The first-order valence-electron chi connectivity index (χ1n) is 6.43. The minimum atomic E-state index is -0.988. The Morgan fingerprint density at radius 1 is 1.45 bits per heavy atom. The number of rotatable bonds is 3. The maximum atomic E-state index is 11.7. The molecule has 3 rings (SSSR count). The summed E-state index contributed by atoms with van der Waals surface area (Å²) in [5.74, 6) is -1.32. The predicted molar refractivity (Wildman–Crippen MR) is 87.3 cm³/mol. The second-order valence-corrected chi connectivity index (χ2v) is 6.41. The molecule has 1 aromatic rings. The molecule has 6 nitrogen and oxygen atoms in total. The molecular weight excluding hydrogens is 322 g/mol. The number of nitrogens with one attached hydrogen (secondary N) is 1. The van der Waals surface area contributed by atoms with E-state index < -0.39 is 12.0 Å². The van der Waals surface area contributed by atoms with Crippen LogP contribution >= 0.6 is 24.0 Å². The number of benzene rings is 1. The van der Waals surface area contributed by atoms with Crippen LogP contribution in [0.3, 0.4) is 0 Å². The van der Waals surface area contributed by atoms with E-state index in [0.717, 1.165) is 17.3 Å². The lowest BCUT2D eigenvalue weighted by Crippen LogP contribution is -2.31. The van der Waals surface area contributed by atoms with Crippen LogP contribution in [0.1, 0.15) is 12.0 Å². The summed E-state index contributed by atoms with van der Waals surface area (Å²) in [7, 11) is 0. The molecule has 22 heavy (non-hydrogen) atoms. The smallest absolute Gasteiger partial charge is 0.328 e. The van der Waals surface area contributed by atoms with Gasteiger partial charge >= 0.3 is 5.97 Å². The van der Waals surface area contributed by atoms with Gasteiger partial charge in [0.15, 0.2) is 6.04 Å². The van der Waals surface area contributed by atoms with Gasteiger partial charge in [-0.05, 0) is 5.56 Å². The summed E-state index contributed by atoms with van der Waals surface area (Å²) in [4.78, 5) is 23.5. The average molecular weight is 333 g/mol. The van der Waals surface area contributed by atoms with E-state index in [1.807, 2.05) is 30.3 Å². The van der Waals surface area contributed by atoms with Crippen molar-refractivity contribution in [1.29, 1.82) is 0 Å². The van der Waals surface area contributed by atoms with E-state index in [-0.39, 0.29) is 12.3 Å². The number of amides is 1. The predicted octanol–water partition coefficient (Wildman–Crippen LogP) is 1.54. The molecule has 0 aliphatic carbocycles. The molecule has 1 saturated heterocycles. The van der Waals surface area contributed by atoms with Gasteiger partial charge in [0.25, 0.3) is 5.91 Å². The second-order valence-electron chi connectivity index (χ2n) is 4.69. The lowest BCUT2D eigenvalue weighted by molar-refractivity contribution is -0.141. The molecule has 2 N–H and O–H groups in total. The third-order valence-electron chi connectivity index (χ3n) is 3.23. The highest BCUT2D eigenvalue weighted by Gasteiger charge is 2.34. The van der Waals surface area contributed by atoms with Gasteiger partial charge in [-0.15, -0.1) is 0 Å². The number of thioether (sulfide) groups is 1. The Bertz CT molecular complexity index is 715. The lowest BCUT2D eigenvalue weighted by Gasteiger charge is -2.15. The summed E-state index contributed by atoms with van der Waals surface area (Å²) in [6.45, 7) is 0. The van der Waals surface area contributed by atoms with Crippen LogP contribution in [0.4, 0.5) is 0 Å². The fourth-order valence-corrected chi connectivity index (χ4v) is 3.19. The monoisotopic (exact) mass is 333 g/mol. The van der Waals surface area contributed by atoms with Crippen molar-refractivity contribution >= 4 is 45.9 Å². The fraction of sp³-hybridized carbons (Fsp3) is 0.143. The van der Waals surface area contributed by atoms with Crippen molar-refractivity contribution < 1.29 is 14.7 Å². The van der Waals surface area contributed by atoms with Crippen LogP contribution in [-0.4, -0.2) is 38.1 Å². The van der Waals surface area contributed by atoms with Gasteiger partial charge in [-0.2, -0.15) is 5.10 Å². The highest BCUT2D eigenvalue weighted by Crippen LogP contribution is 2.27. The first-order chi connectivity index (χ1) is 10.5. The largest absolute Gasteiger partial charge is 0.480 e. The van der Waals surface area contributed by atoms with E-state index in [1.54, 1.807) is 0 Å². The first-order valence-corrected chi connectivity index (χ1v) is 7.66. The zero-order valence-corrected chi connectivity index (χ0v) is 12.9. The van der Waals surface area contributed by atoms with Crippen molar-refractivity contribution in [2.75, 3.05) is 0 Å². The summed E-state index contributed by atoms with van der Waals surface area (Å²) in [5, 5.41) is 17.5. The number of thiocarbonyl (C=S) groups is 1. The van der Waals surface area contributed by atoms with Gasteiger partial charge in [-0.25, -0.2) is 4.79 Å². The number of nitrogens with zero attached hydrogens (tertiary/aromatic N) is 2. The van der Waals surface area contributed by atoms with Gasteiger partial charge in [-0.3, -0.25) is 9.80 Å². The molecule has 2 heterocycles. The Kier molecular flexibility index (Phi) is 3.95. The van der Waals surface area contributed by atoms with Crippen LogP contribution in [0.2, 0.25) is 0 Å². The van der Waals surface area contributed by atoms with Crippen LogP contribution < -0.4 is 5.32 Å². The number of aliphatic carboxylic acids is 1. The zero-order valence-electron chi connectivity index (χ0n) is 11.2. The molecule has 0 spiro atoms. The topological polar surface area (TPSA) is 82.0 Å². The van der Waals surface area contributed by atoms with Crippen LogP contribution in [0.25, 0.3) is 0 Å². The minimum Gasteiger partial charge on any atom is -0.480 e. The number of hydrazone groups is 1. The van der Waals surface area contributed by atoms with Crippen LogP contribution in [0, 0.1) is 0 Å². The molecule has 0 unspecified atom stereocenters. The van der Waals surface area contributed by atoms with Gasteiger partial charge in [0.2, 0.25) is 0 Å². The molecule has 1 aromatic carbocycles. The molecule has 1 fully saturated rings. The maximum absolute atomic E-state index is 11.7. The third kappa shape index (κ3) is 2.88. The standard InChI is InChI=1S/C14H11N3O3S2/c18-12-11(22-14(21)15-12)7-17-10(13(19)20)6-9(16-17)8-4-2-1-3-5-8/h1-5,7,10H,6H2,(H,19,20)(H,15,18,21)/b11-7-/t10-/m1/s1. The molecule has 112 valence electrons. The Hall–Kier alpha value is -2.19. The molecule has 0 radical (unpaired) electrons. The SMILES string of the molecule is O=C1NC(=S)S/C1=C\N1N=C(c2ccccc2)C[C@@H]1C(=O)O. The molecule has 2 aliphatic heterocycles. The summed E-state index contributed by atoms with van der Waals surface area (Å²) in [5.41, 5.74) is 1.55. The van der Waals surface area contributed by atoms with E-state index in [2.05, 4.69) is 10.4 Å². The number of hydrogen-bond acceptors (Lipinski definition) is 6. The highest BCUT2D eigenvalue weighted by atomic mass is 32.2. The third-order valence-corrected chi connectivity index (χ3v) is 4.38. The van der Waals surface area contributed by atoms with Gasteiger partial charge in [-0.1, -0.05) is 54.3 Å². The molecule has 0 aromatic heterocycles. The summed E-state index contributed by atoms with van der Waals surface area (Å²) in [6.07, 6.45) is 1.72. The van der Waals surface area contributed by atoms with Crippen molar-refractivity contribution in [3.05, 3.63) is 47.0 Å². The first kappa shape index (κ1) is 14.7. The molecule has 1 atom stereocenters. The number of hydrogen-bond donors (Lipinski definition) is 2. The van der Waals surface area contributed by atoms with Gasteiger partial charge < -0.3 is 10.4 Å². The molecule has 0 saturated carbocycles. The maximum Gasteiger partial charge on any atom is 0.328 e. The van der Waals surface area contributed by atoms with Crippen molar-refractivity contribution in [2.45, 2.75) is 12.5 Å². The van der Waals surface area contributed by atoms with E-state index in [1.165, 1.54) is 11.2 Å². The molecule has 1 amide bonds. The Morgan fingerprint density at radius 3 is 2.77 bits per heavy atom. The number of carbonyl (C=O) groups is 2. The van der Waals surface area contributed by atoms with Crippen LogP contribution in [0.15, 0.2) is 46.5 Å². The fourth-order valence-electron chi connectivity index (χ4n) is 2.18. The summed E-state index contributed by atoms with van der Waals surface area (Å²) >= 11 is 6.01. The Balaban J connectivity index is 1.91. The van der Waals surface area contributed by atoms with Crippen molar-refractivity contribution in [3.63, 3.8) is 0 Å². The molecule has 8 heteroatoms. The van der Waals surface area contributed by atoms with Crippen molar-refractivity contribution in [2.24, 2.45) is 5.10 Å². The van der Waals surface area contributed by atoms with Crippen LogP contribution in [-0.2, 0) is 9.59 Å².